The number of allylic oxidation sites excluding steroid dienone is 1. The zero-order chi connectivity index (χ0) is 24.8. The number of nitrogens with zero attached hydrogens (tertiary/aromatic N) is 2. The lowest BCUT2D eigenvalue weighted by Crippen LogP contribution is -2.47. The van der Waals surface area contributed by atoms with Gasteiger partial charge in [-0.15, -0.1) is 0 Å². The molecule has 35 heavy (non-hydrogen) atoms. The topological polar surface area (TPSA) is 55.6 Å². The molecule has 3 aliphatic rings. The molecule has 1 amide bonds. The van der Waals surface area contributed by atoms with Gasteiger partial charge in [0.15, 0.2) is 0 Å². The SMILES string of the molecule is C=Cc1cccc(C=C)c1-c1noc(C2CC2)c1C=C1CC2(CCN(C(=O)OC(C)(C)C)CC2)C1. The Morgan fingerprint density at radius 2 is 1.77 bits per heavy atom. The van der Waals surface area contributed by atoms with Gasteiger partial charge in [0.1, 0.15) is 17.1 Å². The zero-order valence-electron chi connectivity index (χ0n) is 21.2. The first-order valence-electron chi connectivity index (χ1n) is 12.8. The molecule has 3 fully saturated rings. The third-order valence-electron chi connectivity index (χ3n) is 7.54. The van der Waals surface area contributed by atoms with Crippen LogP contribution < -0.4 is 0 Å². The number of carbonyl (C=O) groups excluding carboxylic acids is 1. The number of hydrogen-bond donors (Lipinski definition) is 0. The van der Waals surface area contributed by atoms with E-state index in [0.29, 0.717) is 11.3 Å². The second kappa shape index (κ2) is 8.85. The molecule has 5 heteroatoms. The van der Waals surface area contributed by atoms with E-state index in [1.54, 1.807) is 0 Å². The highest BCUT2D eigenvalue weighted by Crippen LogP contribution is 2.54. The quantitative estimate of drug-likeness (QED) is 0.447. The molecule has 1 aromatic heterocycles. The molecule has 5 nitrogen and oxygen atoms in total. The summed E-state index contributed by atoms with van der Waals surface area (Å²) in [4.78, 5) is 14.3. The van der Waals surface area contributed by atoms with Crippen molar-refractivity contribution in [3.8, 4) is 11.3 Å². The Balaban J connectivity index is 1.36. The van der Waals surface area contributed by atoms with E-state index in [2.05, 4.69) is 36.5 Å². The maximum absolute atomic E-state index is 12.5. The molecule has 0 atom stereocenters. The van der Waals surface area contributed by atoms with Crippen LogP contribution in [0.15, 0.2) is 41.5 Å². The molecule has 2 aliphatic carbocycles. The summed E-state index contributed by atoms with van der Waals surface area (Å²) in [5.74, 6) is 1.49. The van der Waals surface area contributed by atoms with Crippen LogP contribution in [0.1, 0.15) is 87.7 Å². The van der Waals surface area contributed by atoms with Gasteiger partial charge in [0.05, 0.1) is 0 Å². The van der Waals surface area contributed by atoms with Gasteiger partial charge >= 0.3 is 6.09 Å². The van der Waals surface area contributed by atoms with Crippen molar-refractivity contribution in [1.82, 2.24) is 10.1 Å². The fraction of sp³-hybridized carbons (Fsp3) is 0.467. The number of carbonyl (C=O) groups is 1. The van der Waals surface area contributed by atoms with Gasteiger partial charge in [-0.1, -0.05) is 54.2 Å². The Hall–Kier alpha value is -3.08. The monoisotopic (exact) mass is 472 g/mol. The lowest BCUT2D eigenvalue weighted by Gasteiger charge is -2.49. The molecule has 2 heterocycles. The second-order valence-corrected chi connectivity index (χ2v) is 11.4. The van der Waals surface area contributed by atoms with E-state index in [-0.39, 0.29) is 6.09 Å². The summed E-state index contributed by atoms with van der Waals surface area (Å²) in [6.45, 7) is 15.3. The standard InChI is InChI=1S/C30H36N2O3/c1-6-21-9-8-10-22(7-2)25(21)26-24(27(35-31-26)23-11-12-23)17-20-18-30(19-20)13-15-32(16-14-30)28(33)34-29(3,4)5/h6-10,17,23H,1-2,11-16,18-19H2,3-5H3. The largest absolute Gasteiger partial charge is 0.444 e. The number of amides is 1. The minimum atomic E-state index is -0.454. The van der Waals surface area contributed by atoms with Crippen molar-refractivity contribution < 1.29 is 14.1 Å². The van der Waals surface area contributed by atoms with Gasteiger partial charge in [-0.3, -0.25) is 0 Å². The van der Waals surface area contributed by atoms with Crippen molar-refractivity contribution >= 4 is 24.3 Å². The van der Waals surface area contributed by atoms with Crippen LogP contribution in [0.5, 0.6) is 0 Å². The fourth-order valence-corrected chi connectivity index (χ4v) is 5.53. The zero-order valence-corrected chi connectivity index (χ0v) is 21.2. The Morgan fingerprint density at radius 1 is 1.14 bits per heavy atom. The molecule has 0 radical (unpaired) electrons. The lowest BCUT2D eigenvalue weighted by atomic mass is 9.60. The van der Waals surface area contributed by atoms with Crippen molar-refractivity contribution in [3.05, 3.63) is 59.4 Å². The van der Waals surface area contributed by atoms with Crippen molar-refractivity contribution in [2.75, 3.05) is 13.1 Å². The number of aromatic nitrogens is 1. The minimum Gasteiger partial charge on any atom is -0.444 e. The number of piperidine rings is 1. The molecular weight excluding hydrogens is 436 g/mol. The molecule has 2 aromatic rings. The molecule has 2 saturated carbocycles. The molecule has 1 spiro atoms. The highest BCUT2D eigenvalue weighted by molar-refractivity contribution is 5.86. The fourth-order valence-electron chi connectivity index (χ4n) is 5.53. The van der Waals surface area contributed by atoms with E-state index in [9.17, 15) is 4.79 Å². The summed E-state index contributed by atoms with van der Waals surface area (Å²) in [6, 6.07) is 6.15. The minimum absolute atomic E-state index is 0.190. The van der Waals surface area contributed by atoms with E-state index in [4.69, 9.17) is 9.26 Å². The van der Waals surface area contributed by atoms with Crippen LogP contribution in [0, 0.1) is 5.41 Å². The third kappa shape index (κ3) is 4.73. The molecule has 0 N–H and O–H groups in total. The predicted molar refractivity (Wildman–Crippen MR) is 141 cm³/mol. The molecule has 5 rings (SSSR count). The summed E-state index contributed by atoms with van der Waals surface area (Å²) >= 11 is 0. The van der Waals surface area contributed by atoms with Crippen LogP contribution in [-0.4, -0.2) is 34.8 Å². The van der Waals surface area contributed by atoms with Crippen molar-refractivity contribution in [2.45, 2.75) is 70.8 Å². The molecular formula is C30H36N2O3. The van der Waals surface area contributed by atoms with Gasteiger partial charge in [-0.2, -0.15) is 0 Å². The summed E-state index contributed by atoms with van der Waals surface area (Å²) in [7, 11) is 0. The summed E-state index contributed by atoms with van der Waals surface area (Å²) in [5.41, 5.74) is 6.43. The average molecular weight is 473 g/mol. The van der Waals surface area contributed by atoms with Crippen molar-refractivity contribution in [1.29, 1.82) is 0 Å². The Morgan fingerprint density at radius 3 is 2.31 bits per heavy atom. The number of rotatable bonds is 5. The smallest absolute Gasteiger partial charge is 0.410 e. The number of ether oxygens (including phenoxy) is 1. The highest BCUT2D eigenvalue weighted by atomic mass is 16.6. The molecule has 0 unspecified atom stereocenters. The third-order valence-corrected chi connectivity index (χ3v) is 7.54. The van der Waals surface area contributed by atoms with Crippen LogP contribution in [0.4, 0.5) is 4.79 Å². The van der Waals surface area contributed by atoms with Crippen LogP contribution in [-0.2, 0) is 4.74 Å². The van der Waals surface area contributed by atoms with E-state index in [1.807, 2.05) is 43.9 Å². The molecule has 1 saturated heterocycles. The number of likely N-dealkylation sites (tertiary alicyclic amines) is 1. The summed E-state index contributed by atoms with van der Waals surface area (Å²) < 4.78 is 11.5. The average Bonchev–Trinajstić information content (AvgIpc) is 3.57. The van der Waals surface area contributed by atoms with E-state index in [0.717, 1.165) is 85.3 Å². The lowest BCUT2D eigenvalue weighted by molar-refractivity contribution is 0.00448. The van der Waals surface area contributed by atoms with E-state index < -0.39 is 5.60 Å². The normalized spacial score (nSPS) is 19.3. The molecule has 1 aromatic carbocycles. The van der Waals surface area contributed by atoms with Gasteiger partial charge in [0.25, 0.3) is 0 Å². The van der Waals surface area contributed by atoms with Gasteiger partial charge in [0.2, 0.25) is 0 Å². The number of hydrogen-bond acceptors (Lipinski definition) is 4. The van der Waals surface area contributed by atoms with Crippen LogP contribution in [0.3, 0.4) is 0 Å². The van der Waals surface area contributed by atoms with Crippen molar-refractivity contribution in [3.63, 3.8) is 0 Å². The van der Waals surface area contributed by atoms with E-state index >= 15 is 0 Å². The van der Waals surface area contributed by atoms with Crippen LogP contribution >= 0.6 is 0 Å². The van der Waals surface area contributed by atoms with Gasteiger partial charge < -0.3 is 14.2 Å². The maximum Gasteiger partial charge on any atom is 0.410 e. The first-order valence-corrected chi connectivity index (χ1v) is 12.8. The molecule has 0 bridgehead atoms. The highest BCUT2D eigenvalue weighted by Gasteiger charge is 2.44. The first kappa shape index (κ1) is 23.7. The van der Waals surface area contributed by atoms with Gasteiger partial charge in [-0.25, -0.2) is 4.79 Å². The van der Waals surface area contributed by atoms with Crippen LogP contribution in [0.2, 0.25) is 0 Å². The van der Waals surface area contributed by atoms with Gasteiger partial charge in [0, 0.05) is 30.1 Å². The summed E-state index contributed by atoms with van der Waals surface area (Å²) in [6.07, 6.45) is 12.4. The number of benzene rings is 1. The summed E-state index contributed by atoms with van der Waals surface area (Å²) in [5, 5.41) is 4.57. The Labute approximate surface area is 208 Å². The maximum atomic E-state index is 12.5. The predicted octanol–water partition coefficient (Wildman–Crippen LogP) is 7.70. The second-order valence-electron chi connectivity index (χ2n) is 11.4. The Bertz CT molecular complexity index is 1150. The van der Waals surface area contributed by atoms with E-state index in [1.165, 1.54) is 5.57 Å². The van der Waals surface area contributed by atoms with Crippen LogP contribution in [0.25, 0.3) is 29.5 Å². The van der Waals surface area contributed by atoms with Crippen molar-refractivity contribution in [2.24, 2.45) is 5.41 Å². The molecule has 1 aliphatic heterocycles. The molecule has 184 valence electrons. The Kier molecular flexibility index (Phi) is 5.98. The van der Waals surface area contributed by atoms with Gasteiger partial charge in [-0.05, 0) is 81.9 Å². The first-order chi connectivity index (χ1) is 16.7.